The number of carbonyl (C=O) groups is 1. The quantitative estimate of drug-likeness (QED) is 0.803. The maximum Gasteiger partial charge on any atom is 0.234 e. The van der Waals surface area contributed by atoms with Gasteiger partial charge in [0.25, 0.3) is 0 Å². The maximum atomic E-state index is 11.1. The van der Waals surface area contributed by atoms with Crippen LogP contribution >= 0.6 is 0 Å². The smallest absolute Gasteiger partial charge is 0.234 e. The van der Waals surface area contributed by atoms with Gasteiger partial charge in [0.2, 0.25) is 17.8 Å². The van der Waals surface area contributed by atoms with Gasteiger partial charge in [-0.1, -0.05) is 23.8 Å². The van der Waals surface area contributed by atoms with Gasteiger partial charge in [0.1, 0.15) is 5.82 Å². The van der Waals surface area contributed by atoms with Crippen LogP contribution in [0.5, 0.6) is 0 Å². The van der Waals surface area contributed by atoms with E-state index in [0.29, 0.717) is 25.0 Å². The molecule has 1 amide bonds. The minimum Gasteiger partial charge on any atom is -0.375 e. The van der Waals surface area contributed by atoms with Crippen molar-refractivity contribution in [1.29, 1.82) is 0 Å². The van der Waals surface area contributed by atoms with E-state index >= 15 is 0 Å². The zero-order valence-corrected chi connectivity index (χ0v) is 15.4. The molecule has 25 heavy (non-hydrogen) atoms. The van der Waals surface area contributed by atoms with E-state index in [1.165, 1.54) is 23.6 Å². The van der Waals surface area contributed by atoms with Crippen molar-refractivity contribution in [2.45, 2.75) is 47.3 Å². The second kappa shape index (κ2) is 8.53. The molecule has 1 aromatic heterocycles. The number of carbonyl (C=O) groups excluding carboxylic acids is 1. The van der Waals surface area contributed by atoms with Crippen LogP contribution in [0, 0.1) is 20.8 Å². The molecule has 0 fully saturated rings. The standard InChI is InChI=1S/C18H25N5O2/c1-11-6-7-12(2)16(8-11)10-25-9-13(3)19-17-20-14(4)21-18(23-17)22-15(5)24/h6-8,13H,9-10H2,1-5H3,(H2,19,20,21,22,23,24). The van der Waals surface area contributed by atoms with Gasteiger partial charge in [0.05, 0.1) is 13.2 Å². The number of ether oxygens (including phenoxy) is 1. The summed E-state index contributed by atoms with van der Waals surface area (Å²) in [6, 6.07) is 6.35. The Bertz CT molecular complexity index is 748. The number of aromatic nitrogens is 3. The number of hydrogen-bond acceptors (Lipinski definition) is 6. The number of aryl methyl sites for hydroxylation is 3. The summed E-state index contributed by atoms with van der Waals surface area (Å²) in [6.45, 7) is 10.4. The first-order chi connectivity index (χ1) is 11.8. The van der Waals surface area contributed by atoms with Gasteiger partial charge >= 0.3 is 0 Å². The zero-order valence-electron chi connectivity index (χ0n) is 15.4. The predicted octanol–water partition coefficient (Wildman–Crippen LogP) is 2.77. The summed E-state index contributed by atoms with van der Waals surface area (Å²) in [4.78, 5) is 23.6. The van der Waals surface area contributed by atoms with Crippen LogP contribution in [0.15, 0.2) is 18.2 Å². The van der Waals surface area contributed by atoms with Gasteiger partial charge in [-0.2, -0.15) is 15.0 Å². The van der Waals surface area contributed by atoms with Crippen LogP contribution in [0.3, 0.4) is 0 Å². The van der Waals surface area contributed by atoms with E-state index in [-0.39, 0.29) is 17.9 Å². The van der Waals surface area contributed by atoms with Crippen LogP contribution in [0.4, 0.5) is 11.9 Å². The SMILES string of the molecule is CC(=O)Nc1nc(C)nc(NC(C)COCc2cc(C)ccc2C)n1. The lowest BCUT2D eigenvalue weighted by molar-refractivity contribution is -0.114. The molecule has 1 unspecified atom stereocenters. The molecule has 0 saturated heterocycles. The number of nitrogens with one attached hydrogen (secondary N) is 2. The minimum atomic E-state index is -0.221. The second-order valence-corrected chi connectivity index (χ2v) is 6.20. The molecule has 2 aromatic rings. The van der Waals surface area contributed by atoms with Crippen LogP contribution in [-0.4, -0.2) is 33.5 Å². The molecular formula is C18H25N5O2. The van der Waals surface area contributed by atoms with Crippen molar-refractivity contribution in [3.05, 3.63) is 40.7 Å². The normalized spacial score (nSPS) is 11.9. The highest BCUT2D eigenvalue weighted by molar-refractivity contribution is 5.86. The maximum absolute atomic E-state index is 11.1. The first-order valence-corrected chi connectivity index (χ1v) is 8.24. The Kier molecular flexibility index (Phi) is 6.41. The summed E-state index contributed by atoms with van der Waals surface area (Å²) in [7, 11) is 0. The molecule has 0 aliphatic rings. The van der Waals surface area contributed by atoms with Crippen LogP contribution in [-0.2, 0) is 16.1 Å². The molecule has 0 saturated carbocycles. The monoisotopic (exact) mass is 343 g/mol. The largest absolute Gasteiger partial charge is 0.375 e. The van der Waals surface area contributed by atoms with Crippen molar-refractivity contribution < 1.29 is 9.53 Å². The summed E-state index contributed by atoms with van der Waals surface area (Å²) in [5.74, 6) is 0.969. The molecule has 1 atom stereocenters. The molecule has 7 heteroatoms. The first kappa shape index (κ1) is 18.8. The van der Waals surface area contributed by atoms with Gasteiger partial charge in [-0.25, -0.2) is 0 Å². The molecule has 2 rings (SSSR count). The molecule has 1 aromatic carbocycles. The van der Waals surface area contributed by atoms with Crippen LogP contribution in [0.25, 0.3) is 0 Å². The highest BCUT2D eigenvalue weighted by atomic mass is 16.5. The lowest BCUT2D eigenvalue weighted by Gasteiger charge is -2.15. The van der Waals surface area contributed by atoms with Crippen molar-refractivity contribution in [3.8, 4) is 0 Å². The van der Waals surface area contributed by atoms with E-state index in [9.17, 15) is 4.79 Å². The topological polar surface area (TPSA) is 89.0 Å². The van der Waals surface area contributed by atoms with Crippen molar-refractivity contribution >= 4 is 17.8 Å². The van der Waals surface area contributed by atoms with E-state index in [1.54, 1.807) is 6.92 Å². The fourth-order valence-corrected chi connectivity index (χ4v) is 2.32. The van der Waals surface area contributed by atoms with Crippen molar-refractivity contribution in [3.63, 3.8) is 0 Å². The molecule has 0 spiro atoms. The van der Waals surface area contributed by atoms with E-state index in [2.05, 4.69) is 57.6 Å². The summed E-state index contributed by atoms with van der Waals surface area (Å²) < 4.78 is 5.81. The Morgan fingerprint density at radius 3 is 2.60 bits per heavy atom. The van der Waals surface area contributed by atoms with Crippen LogP contribution in [0.1, 0.15) is 36.4 Å². The van der Waals surface area contributed by atoms with Crippen molar-refractivity contribution in [2.75, 3.05) is 17.2 Å². The van der Waals surface area contributed by atoms with Gasteiger partial charge in [-0.3, -0.25) is 10.1 Å². The Hall–Kier alpha value is -2.54. The Balaban J connectivity index is 1.89. The van der Waals surface area contributed by atoms with E-state index < -0.39 is 0 Å². The summed E-state index contributed by atoms with van der Waals surface area (Å²) in [6.07, 6.45) is 0. The molecule has 134 valence electrons. The fourth-order valence-electron chi connectivity index (χ4n) is 2.32. The number of amides is 1. The van der Waals surface area contributed by atoms with Gasteiger partial charge in [-0.05, 0) is 38.8 Å². The number of hydrogen-bond donors (Lipinski definition) is 2. The lowest BCUT2D eigenvalue weighted by atomic mass is 10.1. The third-order valence-electron chi connectivity index (χ3n) is 3.54. The van der Waals surface area contributed by atoms with Gasteiger partial charge < -0.3 is 10.1 Å². The molecule has 0 aliphatic carbocycles. The Morgan fingerprint density at radius 1 is 1.16 bits per heavy atom. The van der Waals surface area contributed by atoms with Gasteiger partial charge in [0, 0.05) is 13.0 Å². The lowest BCUT2D eigenvalue weighted by Crippen LogP contribution is -2.24. The number of anilines is 2. The molecule has 2 N–H and O–H groups in total. The summed E-state index contributed by atoms with van der Waals surface area (Å²) in [5.41, 5.74) is 3.64. The Morgan fingerprint density at radius 2 is 1.88 bits per heavy atom. The van der Waals surface area contributed by atoms with Crippen molar-refractivity contribution in [2.24, 2.45) is 0 Å². The van der Waals surface area contributed by atoms with E-state index in [4.69, 9.17) is 4.74 Å². The number of benzene rings is 1. The first-order valence-electron chi connectivity index (χ1n) is 8.24. The van der Waals surface area contributed by atoms with Gasteiger partial charge in [0.15, 0.2) is 0 Å². The van der Waals surface area contributed by atoms with Crippen LogP contribution in [0.2, 0.25) is 0 Å². The molecule has 0 radical (unpaired) electrons. The molecule has 0 aliphatic heterocycles. The number of rotatable bonds is 7. The minimum absolute atomic E-state index is 0.0112. The molecule has 1 heterocycles. The average Bonchev–Trinajstić information content (AvgIpc) is 2.49. The second-order valence-electron chi connectivity index (χ2n) is 6.20. The Labute approximate surface area is 148 Å². The molecule has 0 bridgehead atoms. The van der Waals surface area contributed by atoms with E-state index in [0.717, 1.165) is 0 Å². The third-order valence-corrected chi connectivity index (χ3v) is 3.54. The number of nitrogens with zero attached hydrogens (tertiary/aromatic N) is 3. The average molecular weight is 343 g/mol. The highest BCUT2D eigenvalue weighted by Crippen LogP contribution is 2.12. The van der Waals surface area contributed by atoms with Crippen LogP contribution < -0.4 is 10.6 Å². The highest BCUT2D eigenvalue weighted by Gasteiger charge is 2.09. The van der Waals surface area contributed by atoms with Gasteiger partial charge in [-0.15, -0.1) is 0 Å². The predicted molar refractivity (Wildman–Crippen MR) is 97.5 cm³/mol. The molecular weight excluding hydrogens is 318 g/mol. The van der Waals surface area contributed by atoms with Crippen molar-refractivity contribution in [1.82, 2.24) is 15.0 Å². The third kappa shape index (κ3) is 6.11. The fraction of sp³-hybridized carbons (Fsp3) is 0.444. The summed E-state index contributed by atoms with van der Waals surface area (Å²) >= 11 is 0. The van der Waals surface area contributed by atoms with E-state index in [1.807, 2.05) is 6.92 Å². The summed E-state index contributed by atoms with van der Waals surface area (Å²) in [5, 5.41) is 5.73. The molecule has 7 nitrogen and oxygen atoms in total. The zero-order chi connectivity index (χ0) is 18.4.